The molecule has 0 unspecified atom stereocenters. The molecule has 3 aromatic rings. The van der Waals surface area contributed by atoms with Crippen LogP contribution in [0.1, 0.15) is 15.9 Å². The number of rotatable bonds is 5. The second kappa shape index (κ2) is 7.09. The third-order valence-electron chi connectivity index (χ3n) is 3.81. The van der Waals surface area contributed by atoms with Gasteiger partial charge in [-0.2, -0.15) is 0 Å². The number of carbonyl (C=O) groups is 1. The van der Waals surface area contributed by atoms with E-state index in [1.807, 2.05) is 0 Å². The van der Waals surface area contributed by atoms with Crippen molar-refractivity contribution in [1.82, 2.24) is 4.98 Å². The molecular formula is C19H17NO5. The third kappa shape index (κ3) is 3.63. The summed E-state index contributed by atoms with van der Waals surface area (Å²) in [6, 6.07) is 13.6. The van der Waals surface area contributed by atoms with Crippen molar-refractivity contribution in [3.63, 3.8) is 0 Å². The fourth-order valence-corrected chi connectivity index (χ4v) is 2.42. The number of hydrogen-bond acceptors (Lipinski definition) is 5. The molecule has 1 aromatic heterocycles. The highest BCUT2D eigenvalue weighted by Gasteiger charge is 2.10. The Labute approximate surface area is 144 Å². The van der Waals surface area contributed by atoms with E-state index in [1.54, 1.807) is 62.8 Å². The van der Waals surface area contributed by atoms with Gasteiger partial charge >= 0.3 is 5.97 Å². The Morgan fingerprint density at radius 1 is 0.960 bits per heavy atom. The van der Waals surface area contributed by atoms with Crippen molar-refractivity contribution in [2.45, 2.75) is 6.61 Å². The van der Waals surface area contributed by atoms with Gasteiger partial charge in [0.1, 0.15) is 18.1 Å². The van der Waals surface area contributed by atoms with E-state index in [0.29, 0.717) is 28.1 Å². The molecule has 25 heavy (non-hydrogen) atoms. The first-order chi connectivity index (χ1) is 12.1. The Hall–Kier alpha value is -3.28. The molecular weight excluding hydrogens is 322 g/mol. The average Bonchev–Trinajstić information content (AvgIpc) is 2.65. The fourth-order valence-electron chi connectivity index (χ4n) is 2.42. The van der Waals surface area contributed by atoms with E-state index in [-0.39, 0.29) is 12.2 Å². The van der Waals surface area contributed by atoms with Crippen LogP contribution in [0.4, 0.5) is 0 Å². The lowest BCUT2D eigenvalue weighted by molar-refractivity contribution is 0.0471. The molecule has 0 aliphatic rings. The Morgan fingerprint density at radius 3 is 2.32 bits per heavy atom. The van der Waals surface area contributed by atoms with E-state index < -0.39 is 5.97 Å². The second-order valence-electron chi connectivity index (χ2n) is 5.38. The maximum atomic E-state index is 12.1. The van der Waals surface area contributed by atoms with Gasteiger partial charge in [-0.05, 0) is 48.5 Å². The van der Waals surface area contributed by atoms with Gasteiger partial charge in [0.05, 0.1) is 25.3 Å². The number of aromatic nitrogens is 1. The van der Waals surface area contributed by atoms with Crippen molar-refractivity contribution in [3.05, 3.63) is 70.0 Å². The first-order valence-corrected chi connectivity index (χ1v) is 7.62. The van der Waals surface area contributed by atoms with Crippen LogP contribution in [0.2, 0.25) is 0 Å². The molecule has 1 heterocycles. The average molecular weight is 339 g/mol. The van der Waals surface area contributed by atoms with Crippen LogP contribution in [0.25, 0.3) is 10.9 Å². The summed E-state index contributed by atoms with van der Waals surface area (Å²) in [6.07, 6.45) is 0. The molecule has 1 N–H and O–H groups in total. The zero-order valence-electron chi connectivity index (χ0n) is 13.9. The smallest absolute Gasteiger partial charge is 0.338 e. The van der Waals surface area contributed by atoms with Crippen LogP contribution < -0.4 is 15.0 Å². The Bertz CT molecular complexity index is 960. The summed E-state index contributed by atoms with van der Waals surface area (Å²) in [6.45, 7) is -0.118. The quantitative estimate of drug-likeness (QED) is 0.723. The molecule has 0 bridgehead atoms. The molecule has 0 spiro atoms. The number of H-pyrrole nitrogens is 1. The van der Waals surface area contributed by atoms with Crippen molar-refractivity contribution in [1.29, 1.82) is 0 Å². The standard InChI is InChI=1S/C19H17NO5/c1-23-15-5-3-12(4-6-15)19(22)25-11-14-9-13-10-16(24-2)7-8-17(13)20-18(14)21/h3-10H,11H2,1-2H3,(H,20,21). The first kappa shape index (κ1) is 16.6. The van der Waals surface area contributed by atoms with Crippen LogP contribution in [0.5, 0.6) is 11.5 Å². The highest BCUT2D eigenvalue weighted by molar-refractivity contribution is 5.89. The van der Waals surface area contributed by atoms with Gasteiger partial charge in [0.25, 0.3) is 5.56 Å². The monoisotopic (exact) mass is 339 g/mol. The number of methoxy groups -OCH3 is 2. The Kier molecular flexibility index (Phi) is 4.70. The Balaban J connectivity index is 1.78. The highest BCUT2D eigenvalue weighted by Crippen LogP contribution is 2.19. The molecule has 3 rings (SSSR count). The van der Waals surface area contributed by atoms with Crippen LogP contribution in [-0.4, -0.2) is 25.2 Å². The minimum Gasteiger partial charge on any atom is -0.497 e. The van der Waals surface area contributed by atoms with Gasteiger partial charge in [-0.3, -0.25) is 4.79 Å². The number of fused-ring (bicyclic) bond motifs is 1. The lowest BCUT2D eigenvalue weighted by Crippen LogP contribution is -2.15. The van der Waals surface area contributed by atoms with Gasteiger partial charge in [-0.15, -0.1) is 0 Å². The maximum Gasteiger partial charge on any atom is 0.338 e. The molecule has 0 aliphatic carbocycles. The zero-order valence-corrected chi connectivity index (χ0v) is 13.9. The van der Waals surface area contributed by atoms with Crippen LogP contribution >= 0.6 is 0 Å². The Morgan fingerprint density at radius 2 is 1.64 bits per heavy atom. The summed E-state index contributed by atoms with van der Waals surface area (Å²) >= 11 is 0. The van der Waals surface area contributed by atoms with E-state index in [1.165, 1.54) is 0 Å². The zero-order chi connectivity index (χ0) is 17.8. The predicted molar refractivity (Wildman–Crippen MR) is 93.2 cm³/mol. The van der Waals surface area contributed by atoms with Crippen molar-refractivity contribution in [2.24, 2.45) is 0 Å². The predicted octanol–water partition coefficient (Wildman–Crippen LogP) is 2.90. The summed E-state index contributed by atoms with van der Waals surface area (Å²) in [5.74, 6) is 0.824. The fraction of sp³-hybridized carbons (Fsp3) is 0.158. The number of hydrogen-bond donors (Lipinski definition) is 1. The molecule has 0 atom stereocenters. The van der Waals surface area contributed by atoms with E-state index >= 15 is 0 Å². The largest absolute Gasteiger partial charge is 0.497 e. The molecule has 6 heteroatoms. The van der Waals surface area contributed by atoms with Crippen LogP contribution in [0, 0.1) is 0 Å². The molecule has 0 amide bonds. The number of aromatic amines is 1. The molecule has 6 nitrogen and oxygen atoms in total. The normalized spacial score (nSPS) is 10.5. The van der Waals surface area contributed by atoms with E-state index in [0.717, 1.165) is 5.39 Å². The lowest BCUT2D eigenvalue weighted by atomic mass is 10.1. The summed E-state index contributed by atoms with van der Waals surface area (Å²) < 4.78 is 15.5. The topological polar surface area (TPSA) is 77.6 Å². The summed E-state index contributed by atoms with van der Waals surface area (Å²) in [5.41, 5.74) is 1.15. The number of pyridine rings is 1. The summed E-state index contributed by atoms with van der Waals surface area (Å²) in [7, 11) is 3.12. The number of ether oxygens (including phenoxy) is 3. The molecule has 128 valence electrons. The minimum absolute atomic E-state index is 0.118. The summed E-state index contributed by atoms with van der Waals surface area (Å²) in [4.78, 5) is 27.0. The van der Waals surface area contributed by atoms with Crippen LogP contribution in [0.15, 0.2) is 53.3 Å². The molecule has 0 saturated heterocycles. The number of esters is 1. The maximum absolute atomic E-state index is 12.1. The second-order valence-corrected chi connectivity index (χ2v) is 5.38. The lowest BCUT2D eigenvalue weighted by Gasteiger charge is -2.07. The van der Waals surface area contributed by atoms with E-state index in [9.17, 15) is 9.59 Å². The molecule has 0 saturated carbocycles. The van der Waals surface area contributed by atoms with Gasteiger partial charge in [0, 0.05) is 10.9 Å². The number of benzene rings is 2. The van der Waals surface area contributed by atoms with Crippen LogP contribution in [-0.2, 0) is 11.3 Å². The SMILES string of the molecule is COc1ccc(C(=O)OCc2cc3cc(OC)ccc3[nH]c2=O)cc1. The van der Waals surface area contributed by atoms with E-state index in [4.69, 9.17) is 14.2 Å². The molecule has 0 aliphatic heterocycles. The van der Waals surface area contributed by atoms with Crippen LogP contribution in [0.3, 0.4) is 0 Å². The molecule has 2 aromatic carbocycles. The third-order valence-corrected chi connectivity index (χ3v) is 3.81. The first-order valence-electron chi connectivity index (χ1n) is 7.62. The van der Waals surface area contributed by atoms with Gasteiger partial charge in [0.15, 0.2) is 0 Å². The van der Waals surface area contributed by atoms with Gasteiger partial charge in [-0.1, -0.05) is 0 Å². The van der Waals surface area contributed by atoms with Crippen molar-refractivity contribution >= 4 is 16.9 Å². The number of nitrogens with one attached hydrogen (secondary N) is 1. The van der Waals surface area contributed by atoms with E-state index in [2.05, 4.69) is 4.98 Å². The molecule has 0 fully saturated rings. The van der Waals surface area contributed by atoms with Gasteiger partial charge < -0.3 is 19.2 Å². The summed E-state index contributed by atoms with van der Waals surface area (Å²) in [5, 5.41) is 0.800. The van der Waals surface area contributed by atoms with Gasteiger partial charge in [0.2, 0.25) is 0 Å². The molecule has 0 radical (unpaired) electrons. The van der Waals surface area contributed by atoms with Gasteiger partial charge in [-0.25, -0.2) is 4.79 Å². The highest BCUT2D eigenvalue weighted by atomic mass is 16.5. The van der Waals surface area contributed by atoms with Crippen molar-refractivity contribution < 1.29 is 19.0 Å². The number of carbonyl (C=O) groups excluding carboxylic acids is 1. The van der Waals surface area contributed by atoms with Crippen molar-refractivity contribution in [2.75, 3.05) is 14.2 Å². The van der Waals surface area contributed by atoms with Crippen molar-refractivity contribution in [3.8, 4) is 11.5 Å². The minimum atomic E-state index is -0.507.